The van der Waals surface area contributed by atoms with Crippen LogP contribution in [0.1, 0.15) is 29.9 Å². The summed E-state index contributed by atoms with van der Waals surface area (Å²) in [5.74, 6) is -0.228. The predicted octanol–water partition coefficient (Wildman–Crippen LogP) is 5.44. The molecule has 0 fully saturated rings. The zero-order chi connectivity index (χ0) is 18.6. The molecule has 1 atom stereocenters. The number of hydrogen-bond donors (Lipinski definition) is 2. The maximum absolute atomic E-state index is 13.5. The summed E-state index contributed by atoms with van der Waals surface area (Å²) < 4.78 is 13.5. The lowest BCUT2D eigenvalue weighted by atomic mass is 10.1. The highest BCUT2D eigenvalue weighted by molar-refractivity contribution is 5.91. The Kier molecular flexibility index (Phi) is 4.66. The Hall–Kier alpha value is -3.47. The molecule has 0 saturated carbocycles. The number of aromatic amines is 1. The molecule has 27 heavy (non-hydrogen) atoms. The second-order valence-corrected chi connectivity index (χ2v) is 6.38. The van der Waals surface area contributed by atoms with Crippen LogP contribution >= 0.6 is 0 Å². The fraction of sp³-hybridized carbons (Fsp3) is 0.0909. The molecule has 0 radical (unpaired) electrons. The molecule has 0 aliphatic carbocycles. The summed E-state index contributed by atoms with van der Waals surface area (Å²) in [5, 5.41) is 11.9. The van der Waals surface area contributed by atoms with Crippen molar-refractivity contribution < 1.29 is 4.39 Å². The number of H-pyrrole nitrogens is 1. The van der Waals surface area contributed by atoms with Crippen LogP contribution in [0.2, 0.25) is 0 Å². The predicted molar refractivity (Wildman–Crippen MR) is 108 cm³/mol. The van der Waals surface area contributed by atoms with Gasteiger partial charge in [-0.15, -0.1) is 0 Å². The average molecular weight is 358 g/mol. The third kappa shape index (κ3) is 3.87. The van der Waals surface area contributed by atoms with E-state index in [9.17, 15) is 4.39 Å². The zero-order valence-electron chi connectivity index (χ0n) is 14.9. The van der Waals surface area contributed by atoms with Crippen molar-refractivity contribution in [3.8, 4) is 0 Å². The summed E-state index contributed by atoms with van der Waals surface area (Å²) >= 11 is 0. The zero-order valence-corrected chi connectivity index (χ0v) is 14.9. The lowest BCUT2D eigenvalue weighted by Crippen LogP contribution is -2.06. The second kappa shape index (κ2) is 7.41. The van der Waals surface area contributed by atoms with Gasteiger partial charge in [-0.3, -0.25) is 10.1 Å². The topological polar surface area (TPSA) is 53.6 Å². The number of hydrogen-bond acceptors (Lipinski definition) is 3. The Labute approximate surface area is 156 Å². The molecular weight excluding hydrogens is 339 g/mol. The van der Waals surface area contributed by atoms with E-state index in [0.717, 1.165) is 33.5 Å². The van der Waals surface area contributed by atoms with Gasteiger partial charge in [-0.2, -0.15) is 5.10 Å². The number of nitrogens with one attached hydrogen (secondary N) is 2. The Morgan fingerprint density at radius 2 is 1.96 bits per heavy atom. The number of aromatic nitrogens is 3. The number of nitrogens with zero attached hydrogens (tertiary/aromatic N) is 2. The van der Waals surface area contributed by atoms with Crippen molar-refractivity contribution >= 4 is 28.7 Å². The molecule has 5 heteroatoms. The quantitative estimate of drug-likeness (QED) is 0.499. The van der Waals surface area contributed by atoms with Gasteiger partial charge in [0.1, 0.15) is 5.82 Å². The Morgan fingerprint density at radius 1 is 1.04 bits per heavy atom. The highest BCUT2D eigenvalue weighted by atomic mass is 19.1. The van der Waals surface area contributed by atoms with Crippen LogP contribution in [0.3, 0.4) is 0 Å². The van der Waals surface area contributed by atoms with Gasteiger partial charge in [-0.05, 0) is 67.1 Å². The van der Waals surface area contributed by atoms with Crippen LogP contribution in [0.5, 0.6) is 0 Å². The molecule has 0 saturated heterocycles. The molecule has 4 rings (SSSR count). The molecule has 2 N–H and O–H groups in total. The van der Waals surface area contributed by atoms with E-state index in [2.05, 4.69) is 20.5 Å². The fourth-order valence-corrected chi connectivity index (χ4v) is 3.00. The monoisotopic (exact) mass is 358 g/mol. The molecular formula is C22H19FN4. The first kappa shape index (κ1) is 17.0. The molecule has 2 aromatic carbocycles. The first-order valence-corrected chi connectivity index (χ1v) is 8.78. The lowest BCUT2D eigenvalue weighted by molar-refractivity contribution is 0.623. The van der Waals surface area contributed by atoms with Gasteiger partial charge in [-0.25, -0.2) is 4.39 Å². The van der Waals surface area contributed by atoms with E-state index in [-0.39, 0.29) is 11.9 Å². The molecule has 2 aromatic heterocycles. The van der Waals surface area contributed by atoms with Crippen molar-refractivity contribution in [1.82, 2.24) is 15.2 Å². The minimum Gasteiger partial charge on any atom is -0.378 e. The molecule has 1 unspecified atom stereocenters. The van der Waals surface area contributed by atoms with Gasteiger partial charge in [0.2, 0.25) is 0 Å². The van der Waals surface area contributed by atoms with Crippen LogP contribution < -0.4 is 5.32 Å². The van der Waals surface area contributed by atoms with Gasteiger partial charge in [0.15, 0.2) is 0 Å². The Bertz CT molecular complexity index is 1090. The minimum atomic E-state index is -0.228. The number of benzene rings is 2. The second-order valence-electron chi connectivity index (χ2n) is 6.38. The molecule has 0 bridgehead atoms. The number of anilines is 1. The van der Waals surface area contributed by atoms with Crippen LogP contribution in [0.4, 0.5) is 10.1 Å². The average Bonchev–Trinajstić information content (AvgIpc) is 3.09. The van der Waals surface area contributed by atoms with Crippen molar-refractivity contribution in [2.24, 2.45) is 0 Å². The van der Waals surface area contributed by atoms with Crippen molar-refractivity contribution in [2.75, 3.05) is 5.32 Å². The van der Waals surface area contributed by atoms with Crippen molar-refractivity contribution in [3.63, 3.8) is 0 Å². The van der Waals surface area contributed by atoms with Gasteiger partial charge >= 0.3 is 0 Å². The highest BCUT2D eigenvalue weighted by Gasteiger charge is 2.09. The summed E-state index contributed by atoms with van der Waals surface area (Å²) in [7, 11) is 0. The van der Waals surface area contributed by atoms with E-state index in [0.29, 0.717) is 0 Å². The molecule has 0 spiro atoms. The molecule has 134 valence electrons. The van der Waals surface area contributed by atoms with E-state index in [1.807, 2.05) is 61.5 Å². The third-order valence-electron chi connectivity index (χ3n) is 4.42. The maximum atomic E-state index is 13.5. The summed E-state index contributed by atoms with van der Waals surface area (Å²) in [6.45, 7) is 2.01. The summed E-state index contributed by atoms with van der Waals surface area (Å²) in [6.07, 6.45) is 5.64. The van der Waals surface area contributed by atoms with Crippen molar-refractivity contribution in [3.05, 3.63) is 89.6 Å². The van der Waals surface area contributed by atoms with Crippen LogP contribution in [-0.2, 0) is 0 Å². The van der Waals surface area contributed by atoms with E-state index in [1.165, 1.54) is 6.07 Å². The summed E-state index contributed by atoms with van der Waals surface area (Å²) in [6, 6.07) is 18.4. The Balaban J connectivity index is 1.59. The van der Waals surface area contributed by atoms with E-state index < -0.39 is 0 Å². The van der Waals surface area contributed by atoms with E-state index in [1.54, 1.807) is 18.3 Å². The molecule has 4 nitrogen and oxygen atoms in total. The van der Waals surface area contributed by atoms with Gasteiger partial charge in [0.05, 0.1) is 16.9 Å². The number of halogens is 1. The van der Waals surface area contributed by atoms with Gasteiger partial charge in [0.25, 0.3) is 0 Å². The molecule has 2 heterocycles. The van der Waals surface area contributed by atoms with Gasteiger partial charge in [-0.1, -0.05) is 18.2 Å². The van der Waals surface area contributed by atoms with Crippen molar-refractivity contribution in [1.29, 1.82) is 0 Å². The van der Waals surface area contributed by atoms with Crippen molar-refractivity contribution in [2.45, 2.75) is 13.0 Å². The third-order valence-corrected chi connectivity index (χ3v) is 4.42. The number of pyridine rings is 1. The fourth-order valence-electron chi connectivity index (χ4n) is 3.00. The summed E-state index contributed by atoms with van der Waals surface area (Å²) in [5.41, 5.74) is 4.53. The molecule has 4 aromatic rings. The maximum Gasteiger partial charge on any atom is 0.123 e. The van der Waals surface area contributed by atoms with Gasteiger partial charge < -0.3 is 5.32 Å². The molecule has 0 aliphatic rings. The number of rotatable bonds is 5. The van der Waals surface area contributed by atoms with Crippen LogP contribution in [0.25, 0.3) is 23.1 Å². The lowest BCUT2D eigenvalue weighted by Gasteiger charge is -2.16. The Morgan fingerprint density at radius 3 is 2.78 bits per heavy atom. The molecule has 0 aliphatic heterocycles. The van der Waals surface area contributed by atoms with Crippen LogP contribution in [-0.4, -0.2) is 15.2 Å². The van der Waals surface area contributed by atoms with Crippen LogP contribution in [0.15, 0.2) is 66.9 Å². The largest absolute Gasteiger partial charge is 0.378 e. The minimum absolute atomic E-state index is 0.0161. The number of fused-ring (bicyclic) bond motifs is 1. The molecule has 0 amide bonds. The van der Waals surface area contributed by atoms with E-state index in [4.69, 9.17) is 0 Å². The summed E-state index contributed by atoms with van der Waals surface area (Å²) in [4.78, 5) is 4.29. The first-order chi connectivity index (χ1) is 13.2. The van der Waals surface area contributed by atoms with Gasteiger partial charge in [0, 0.05) is 23.3 Å². The van der Waals surface area contributed by atoms with Crippen LogP contribution in [0, 0.1) is 5.82 Å². The van der Waals surface area contributed by atoms with E-state index >= 15 is 0 Å². The standard InChI is InChI=1S/C22H19FN4/c1-15(16-5-4-6-17(23)13-16)25-19-9-11-22-20(14-19)21(26-27-22)10-8-18-7-2-3-12-24-18/h2-15,25H,1H3,(H,26,27)/b10-8+. The SMILES string of the molecule is CC(Nc1ccc2[nH]nc(/C=C/c3ccccn3)c2c1)c1cccc(F)c1. The normalized spacial score (nSPS) is 12.5. The smallest absolute Gasteiger partial charge is 0.123 e. The highest BCUT2D eigenvalue weighted by Crippen LogP contribution is 2.25. The first-order valence-electron chi connectivity index (χ1n) is 8.78.